The van der Waals surface area contributed by atoms with E-state index in [-0.39, 0.29) is 6.42 Å². The Bertz CT molecular complexity index is 804. The summed E-state index contributed by atoms with van der Waals surface area (Å²) < 4.78 is 17.3. The normalized spacial score (nSPS) is 22.2. The number of ether oxygens (including phenoxy) is 1. The van der Waals surface area contributed by atoms with Crippen molar-refractivity contribution in [2.24, 2.45) is 0 Å². The number of aromatic amines is 1. The highest BCUT2D eigenvalue weighted by molar-refractivity contribution is 7.53. The quantitative estimate of drug-likeness (QED) is 0.403. The van der Waals surface area contributed by atoms with Gasteiger partial charge >= 0.3 is 19.3 Å². The first-order valence-corrected chi connectivity index (χ1v) is 8.21. The van der Waals surface area contributed by atoms with E-state index in [0.29, 0.717) is 5.56 Å². The molecule has 10 nitrogen and oxygen atoms in total. The van der Waals surface area contributed by atoms with Crippen LogP contribution in [0.15, 0.2) is 27.9 Å². The van der Waals surface area contributed by atoms with Gasteiger partial charge in [0.15, 0.2) is 0 Å². The summed E-state index contributed by atoms with van der Waals surface area (Å²) in [7, 11) is -4.97. The number of aliphatic carboxylic acids is 1. The van der Waals surface area contributed by atoms with Gasteiger partial charge in [0.05, 0.1) is 12.1 Å². The Kier molecular flexibility index (Phi) is 4.71. The van der Waals surface area contributed by atoms with E-state index < -0.39 is 42.8 Å². The minimum Gasteiger partial charge on any atom is -0.479 e. The lowest BCUT2D eigenvalue weighted by molar-refractivity contribution is -0.147. The summed E-state index contributed by atoms with van der Waals surface area (Å²) in [6.45, 7) is 1.52. The van der Waals surface area contributed by atoms with Crippen molar-refractivity contribution < 1.29 is 29.0 Å². The number of carbonyl (C=O) groups is 1. The molecule has 1 unspecified atom stereocenters. The lowest BCUT2D eigenvalue weighted by Gasteiger charge is -2.20. The number of aromatic nitrogens is 2. The minimum absolute atomic E-state index is 0.106. The molecule has 0 aromatic carbocycles. The molecule has 1 aromatic heterocycles. The predicted molar refractivity (Wildman–Crippen MR) is 77.2 cm³/mol. The molecule has 0 saturated heterocycles. The summed E-state index contributed by atoms with van der Waals surface area (Å²) in [6, 6.07) is -0.519. The summed E-state index contributed by atoms with van der Waals surface area (Å²) >= 11 is 0. The Morgan fingerprint density at radius 1 is 1.43 bits per heavy atom. The molecule has 1 aliphatic carbocycles. The summed E-state index contributed by atoms with van der Waals surface area (Å²) in [5, 5.41) is 8.83. The van der Waals surface area contributed by atoms with Gasteiger partial charge in [-0.2, -0.15) is 0 Å². The van der Waals surface area contributed by atoms with Crippen molar-refractivity contribution in [3.05, 3.63) is 44.8 Å². The Hall–Kier alpha value is -2.00. The van der Waals surface area contributed by atoms with Crippen LogP contribution in [0.3, 0.4) is 0 Å². The maximum atomic E-state index is 11.8. The number of hydrogen-bond donors (Lipinski definition) is 4. The molecule has 1 heterocycles. The Morgan fingerprint density at radius 3 is 2.65 bits per heavy atom. The molecule has 126 valence electrons. The van der Waals surface area contributed by atoms with Crippen LogP contribution in [0.1, 0.15) is 18.0 Å². The van der Waals surface area contributed by atoms with E-state index in [2.05, 4.69) is 4.98 Å². The molecule has 0 radical (unpaired) electrons. The average molecular weight is 346 g/mol. The molecule has 0 spiro atoms. The third kappa shape index (κ3) is 3.85. The third-order valence-corrected chi connectivity index (χ3v) is 4.30. The highest BCUT2D eigenvalue weighted by Gasteiger charge is 2.39. The van der Waals surface area contributed by atoms with Gasteiger partial charge in [0.2, 0.25) is 0 Å². The Morgan fingerprint density at radius 2 is 2.09 bits per heavy atom. The number of allylic oxidation sites excluding steroid dienone is 1. The number of rotatable bonds is 5. The van der Waals surface area contributed by atoms with Crippen LogP contribution in [0.4, 0.5) is 0 Å². The SMILES string of the molecule is Cc1cn([C@H]2C=C[C@@H](OC(C(=O)O)P(=O)(O)O)C2)c(=O)[nH]c1=O. The largest absolute Gasteiger partial charge is 0.479 e. The molecule has 0 amide bonds. The topological polar surface area (TPSA) is 159 Å². The van der Waals surface area contributed by atoms with Crippen LogP contribution in [-0.4, -0.2) is 42.4 Å². The van der Waals surface area contributed by atoms with Gasteiger partial charge in [0.1, 0.15) is 0 Å². The number of aryl methyl sites for hydroxylation is 1. The first-order chi connectivity index (χ1) is 10.6. The van der Waals surface area contributed by atoms with E-state index in [0.717, 1.165) is 0 Å². The van der Waals surface area contributed by atoms with E-state index in [9.17, 15) is 18.9 Å². The van der Waals surface area contributed by atoms with E-state index in [1.807, 2.05) is 0 Å². The standard InChI is InChI=1S/C12H15N2O8P/c1-6-5-14(12(18)13-9(6)15)7-2-3-8(4-7)22-11(10(16)17)23(19,20)21/h2-3,5,7-8,11H,4H2,1H3,(H,16,17)(H,13,15,18)(H2,19,20,21)/t7-,8+,11?/m0/s1. The van der Waals surface area contributed by atoms with Crippen LogP contribution < -0.4 is 11.2 Å². The first-order valence-electron chi connectivity index (χ1n) is 6.53. The lowest BCUT2D eigenvalue weighted by atomic mass is 10.2. The molecule has 23 heavy (non-hydrogen) atoms. The Balaban J connectivity index is 2.17. The molecule has 3 atom stereocenters. The number of carboxylic acids is 1. The van der Waals surface area contributed by atoms with Gasteiger partial charge in [-0.15, -0.1) is 0 Å². The van der Waals surface area contributed by atoms with Crippen molar-refractivity contribution in [3.63, 3.8) is 0 Å². The molecule has 1 aromatic rings. The van der Waals surface area contributed by atoms with Gasteiger partial charge in [-0.1, -0.05) is 12.2 Å². The minimum atomic E-state index is -4.97. The molecule has 4 N–H and O–H groups in total. The molecule has 1 aliphatic rings. The molecule has 0 bridgehead atoms. The van der Waals surface area contributed by atoms with Gasteiger partial charge in [0, 0.05) is 18.2 Å². The van der Waals surface area contributed by atoms with Gasteiger partial charge in [-0.3, -0.25) is 18.9 Å². The van der Waals surface area contributed by atoms with Crippen molar-refractivity contribution in [1.29, 1.82) is 0 Å². The van der Waals surface area contributed by atoms with Gasteiger partial charge in [0.25, 0.3) is 11.4 Å². The molecular formula is C12H15N2O8P. The third-order valence-electron chi connectivity index (χ3n) is 3.35. The highest BCUT2D eigenvalue weighted by Crippen LogP contribution is 2.43. The number of hydrogen-bond acceptors (Lipinski definition) is 5. The molecule has 0 fully saturated rings. The molecule has 0 aliphatic heterocycles. The van der Waals surface area contributed by atoms with E-state index >= 15 is 0 Å². The van der Waals surface area contributed by atoms with Crippen LogP contribution in [0.5, 0.6) is 0 Å². The van der Waals surface area contributed by atoms with Gasteiger partial charge in [-0.25, -0.2) is 9.59 Å². The van der Waals surface area contributed by atoms with Gasteiger partial charge in [-0.05, 0) is 6.92 Å². The fourth-order valence-corrected chi connectivity index (χ4v) is 2.84. The number of nitrogens with one attached hydrogen (secondary N) is 1. The van der Waals surface area contributed by atoms with E-state index in [4.69, 9.17) is 19.6 Å². The second-order valence-corrected chi connectivity index (χ2v) is 6.77. The lowest BCUT2D eigenvalue weighted by Crippen LogP contribution is -2.33. The van der Waals surface area contributed by atoms with Crippen molar-refractivity contribution in [3.8, 4) is 0 Å². The van der Waals surface area contributed by atoms with Crippen LogP contribution in [0.2, 0.25) is 0 Å². The van der Waals surface area contributed by atoms with E-state index in [1.165, 1.54) is 23.8 Å². The summed E-state index contributed by atoms with van der Waals surface area (Å²) in [5.74, 6) is -4.04. The maximum Gasteiger partial charge on any atom is 0.365 e. The van der Waals surface area contributed by atoms with Gasteiger partial charge < -0.3 is 19.6 Å². The second kappa shape index (κ2) is 6.25. The second-order valence-electron chi connectivity index (χ2n) is 5.12. The van der Waals surface area contributed by atoms with Crippen LogP contribution >= 0.6 is 7.60 Å². The summed E-state index contributed by atoms with van der Waals surface area (Å²) in [6.07, 6.45) is 3.55. The van der Waals surface area contributed by atoms with Crippen LogP contribution in [-0.2, 0) is 14.1 Å². The van der Waals surface area contributed by atoms with Crippen molar-refractivity contribution in [2.75, 3.05) is 0 Å². The summed E-state index contributed by atoms with van der Waals surface area (Å²) in [5.41, 5.74) is -0.824. The maximum absolute atomic E-state index is 11.8. The van der Waals surface area contributed by atoms with E-state index in [1.54, 1.807) is 6.08 Å². The summed E-state index contributed by atoms with van der Waals surface area (Å²) in [4.78, 5) is 54.1. The molecule has 11 heteroatoms. The number of nitrogens with zero attached hydrogens (tertiary/aromatic N) is 1. The highest BCUT2D eigenvalue weighted by atomic mass is 31.2. The van der Waals surface area contributed by atoms with Crippen molar-refractivity contribution in [1.82, 2.24) is 9.55 Å². The van der Waals surface area contributed by atoms with Crippen LogP contribution in [0, 0.1) is 6.92 Å². The van der Waals surface area contributed by atoms with Crippen molar-refractivity contribution in [2.45, 2.75) is 31.3 Å². The molecule has 0 saturated carbocycles. The zero-order valence-electron chi connectivity index (χ0n) is 11.9. The zero-order valence-corrected chi connectivity index (χ0v) is 12.8. The fraction of sp³-hybridized carbons (Fsp3) is 0.417. The smallest absolute Gasteiger partial charge is 0.365 e. The fourth-order valence-electron chi connectivity index (χ4n) is 2.23. The Labute approximate surface area is 129 Å². The average Bonchev–Trinajstić information content (AvgIpc) is 2.87. The molecule has 2 rings (SSSR count). The zero-order chi connectivity index (χ0) is 17.4. The predicted octanol–water partition coefficient (Wildman–Crippen LogP) is -0.680. The first kappa shape index (κ1) is 17.4. The number of H-pyrrole nitrogens is 1. The van der Waals surface area contributed by atoms with Crippen LogP contribution in [0.25, 0.3) is 0 Å². The molecular weight excluding hydrogens is 331 g/mol. The van der Waals surface area contributed by atoms with Crippen molar-refractivity contribution >= 4 is 13.6 Å². The monoisotopic (exact) mass is 346 g/mol. The number of carboxylic acid groups (broad SMARTS) is 1.